The molecule has 0 spiro atoms. The van der Waals surface area contributed by atoms with Crippen LogP contribution < -0.4 is 15.4 Å². The van der Waals surface area contributed by atoms with Gasteiger partial charge in [-0.3, -0.25) is 0 Å². The first-order valence-corrected chi connectivity index (χ1v) is 5.85. The first-order chi connectivity index (χ1) is 9.19. The van der Waals surface area contributed by atoms with Gasteiger partial charge in [-0.25, -0.2) is 9.37 Å². The van der Waals surface area contributed by atoms with Gasteiger partial charge in [0.2, 0.25) is 5.88 Å². The monoisotopic (exact) mass is 262 g/mol. The van der Waals surface area contributed by atoms with Gasteiger partial charge in [-0.05, 0) is 19.1 Å². The summed E-state index contributed by atoms with van der Waals surface area (Å²) in [7, 11) is 1.47. The highest BCUT2D eigenvalue weighted by Crippen LogP contribution is 2.33. The number of halogens is 1. The first kappa shape index (κ1) is 13.1. The van der Waals surface area contributed by atoms with Crippen molar-refractivity contribution in [2.75, 3.05) is 24.3 Å². The van der Waals surface area contributed by atoms with Gasteiger partial charge in [0.1, 0.15) is 17.8 Å². The number of nitrogens with two attached hydrogens (primary N) is 1. The summed E-state index contributed by atoms with van der Waals surface area (Å²) in [4.78, 5) is 9.71. The van der Waals surface area contributed by atoms with Crippen molar-refractivity contribution >= 4 is 17.2 Å². The molecule has 2 aromatic rings. The van der Waals surface area contributed by atoms with Gasteiger partial charge < -0.3 is 15.4 Å². The van der Waals surface area contributed by atoms with Crippen molar-refractivity contribution in [1.82, 2.24) is 9.97 Å². The van der Waals surface area contributed by atoms with E-state index >= 15 is 0 Å². The molecular formula is C13H15FN4O. The fourth-order valence-electron chi connectivity index (χ4n) is 1.85. The van der Waals surface area contributed by atoms with Crippen molar-refractivity contribution < 1.29 is 9.13 Å². The van der Waals surface area contributed by atoms with Gasteiger partial charge in [0.25, 0.3) is 0 Å². The van der Waals surface area contributed by atoms with E-state index in [1.807, 2.05) is 6.92 Å². The molecule has 2 rings (SSSR count). The van der Waals surface area contributed by atoms with E-state index in [-0.39, 0.29) is 17.4 Å². The quantitative estimate of drug-likeness (QED) is 0.916. The smallest absolute Gasteiger partial charge is 0.242 e. The molecule has 0 fully saturated rings. The lowest BCUT2D eigenvalue weighted by molar-refractivity contribution is 0.399. The average molecular weight is 262 g/mol. The molecule has 1 aromatic carbocycles. The Morgan fingerprint density at radius 2 is 2.05 bits per heavy atom. The van der Waals surface area contributed by atoms with Crippen molar-refractivity contribution in [2.45, 2.75) is 6.92 Å². The summed E-state index contributed by atoms with van der Waals surface area (Å²) >= 11 is 0. The number of nitrogens with zero attached hydrogens (tertiary/aromatic N) is 3. The average Bonchev–Trinajstić information content (AvgIpc) is 2.43. The number of methoxy groups -OCH3 is 1. The number of rotatable bonds is 4. The summed E-state index contributed by atoms with van der Waals surface area (Å²) in [5, 5.41) is 0. The van der Waals surface area contributed by atoms with Gasteiger partial charge in [0.15, 0.2) is 5.82 Å². The van der Waals surface area contributed by atoms with Gasteiger partial charge in [-0.15, -0.1) is 0 Å². The number of nitrogen functional groups attached to an aromatic ring is 1. The lowest BCUT2D eigenvalue weighted by Crippen LogP contribution is -2.20. The van der Waals surface area contributed by atoms with Crippen LogP contribution in [0, 0.1) is 5.82 Å². The Bertz CT molecular complexity index is 576. The zero-order valence-corrected chi connectivity index (χ0v) is 10.8. The topological polar surface area (TPSA) is 64.3 Å². The molecule has 1 heterocycles. The van der Waals surface area contributed by atoms with Crippen molar-refractivity contribution in [2.24, 2.45) is 0 Å². The maximum atomic E-state index is 13.9. The van der Waals surface area contributed by atoms with Crippen LogP contribution in [0.3, 0.4) is 0 Å². The Hall–Kier alpha value is -2.37. The standard InChI is InChI=1S/C13H15FN4O/c1-3-18(10-7-5-4-6-9(10)14)12-11(15)13(19-2)17-8-16-12/h4-8H,3,15H2,1-2H3. The van der Waals surface area contributed by atoms with Crippen LogP contribution in [-0.4, -0.2) is 23.6 Å². The summed E-state index contributed by atoms with van der Waals surface area (Å²) in [5.41, 5.74) is 6.65. The second-order valence-corrected chi connectivity index (χ2v) is 3.82. The van der Waals surface area contributed by atoms with E-state index in [9.17, 15) is 4.39 Å². The Balaban J connectivity index is 2.52. The molecule has 0 unspecified atom stereocenters. The Kier molecular flexibility index (Phi) is 3.79. The fourth-order valence-corrected chi connectivity index (χ4v) is 1.85. The van der Waals surface area contributed by atoms with E-state index in [0.29, 0.717) is 18.1 Å². The molecule has 19 heavy (non-hydrogen) atoms. The van der Waals surface area contributed by atoms with E-state index in [0.717, 1.165) is 0 Å². The maximum absolute atomic E-state index is 13.9. The van der Waals surface area contributed by atoms with Crippen molar-refractivity contribution in [3.05, 3.63) is 36.4 Å². The molecule has 0 saturated carbocycles. The minimum absolute atomic E-state index is 0.278. The number of anilines is 3. The lowest BCUT2D eigenvalue weighted by atomic mass is 10.2. The highest BCUT2D eigenvalue weighted by molar-refractivity contribution is 5.74. The SMILES string of the molecule is CCN(c1ccccc1F)c1ncnc(OC)c1N. The zero-order chi connectivity index (χ0) is 13.8. The summed E-state index contributed by atoms with van der Waals surface area (Å²) in [6, 6.07) is 6.46. The summed E-state index contributed by atoms with van der Waals surface area (Å²) in [6.07, 6.45) is 1.34. The predicted octanol–water partition coefficient (Wildman–Crippen LogP) is 2.36. The van der Waals surface area contributed by atoms with Gasteiger partial charge in [-0.2, -0.15) is 4.98 Å². The summed E-state index contributed by atoms with van der Waals surface area (Å²) in [5.74, 6) is 0.376. The van der Waals surface area contributed by atoms with Crippen molar-refractivity contribution in [3.63, 3.8) is 0 Å². The molecule has 0 saturated heterocycles. The normalized spacial score (nSPS) is 10.3. The van der Waals surface area contributed by atoms with Crippen molar-refractivity contribution in [1.29, 1.82) is 0 Å². The molecule has 0 aliphatic carbocycles. The summed E-state index contributed by atoms with van der Waals surface area (Å²) < 4.78 is 18.9. The third-order valence-corrected chi connectivity index (χ3v) is 2.73. The predicted molar refractivity (Wildman–Crippen MR) is 72.1 cm³/mol. The highest BCUT2D eigenvalue weighted by Gasteiger charge is 2.18. The second-order valence-electron chi connectivity index (χ2n) is 3.82. The molecule has 0 amide bonds. The van der Waals surface area contributed by atoms with E-state index in [4.69, 9.17) is 10.5 Å². The van der Waals surface area contributed by atoms with Crippen LogP contribution in [0.5, 0.6) is 5.88 Å². The molecule has 6 heteroatoms. The van der Waals surface area contributed by atoms with E-state index in [1.54, 1.807) is 23.1 Å². The molecule has 0 aliphatic rings. The molecule has 0 radical (unpaired) electrons. The minimum atomic E-state index is -0.332. The van der Waals surface area contributed by atoms with Gasteiger partial charge in [0.05, 0.1) is 12.8 Å². The van der Waals surface area contributed by atoms with E-state index in [1.165, 1.54) is 19.5 Å². The third kappa shape index (κ3) is 2.42. The number of benzene rings is 1. The van der Waals surface area contributed by atoms with Crippen molar-refractivity contribution in [3.8, 4) is 5.88 Å². The Morgan fingerprint density at radius 1 is 1.32 bits per heavy atom. The van der Waals surface area contributed by atoms with Crippen LogP contribution in [0.25, 0.3) is 0 Å². The van der Waals surface area contributed by atoms with Crippen LogP contribution >= 0.6 is 0 Å². The van der Waals surface area contributed by atoms with Crippen LogP contribution in [0.15, 0.2) is 30.6 Å². The largest absolute Gasteiger partial charge is 0.479 e. The molecule has 1 aromatic heterocycles. The molecule has 5 nitrogen and oxygen atoms in total. The molecule has 0 bridgehead atoms. The Morgan fingerprint density at radius 3 is 2.68 bits per heavy atom. The molecule has 100 valence electrons. The zero-order valence-electron chi connectivity index (χ0n) is 10.8. The van der Waals surface area contributed by atoms with Crippen LogP contribution in [0.2, 0.25) is 0 Å². The number of para-hydroxylation sites is 1. The molecule has 0 atom stereocenters. The number of hydrogen-bond acceptors (Lipinski definition) is 5. The Labute approximate surface area is 110 Å². The van der Waals surface area contributed by atoms with E-state index in [2.05, 4.69) is 9.97 Å². The highest BCUT2D eigenvalue weighted by atomic mass is 19.1. The minimum Gasteiger partial charge on any atom is -0.479 e. The second kappa shape index (κ2) is 5.51. The van der Waals surface area contributed by atoms with E-state index < -0.39 is 0 Å². The molecule has 2 N–H and O–H groups in total. The first-order valence-electron chi connectivity index (χ1n) is 5.85. The van der Waals surface area contributed by atoms with Crippen LogP contribution in [-0.2, 0) is 0 Å². The van der Waals surface area contributed by atoms with Crippen LogP contribution in [0.1, 0.15) is 6.92 Å². The fraction of sp³-hybridized carbons (Fsp3) is 0.231. The maximum Gasteiger partial charge on any atom is 0.242 e. The van der Waals surface area contributed by atoms with Crippen LogP contribution in [0.4, 0.5) is 21.6 Å². The molecule has 0 aliphatic heterocycles. The van der Waals surface area contributed by atoms with Gasteiger partial charge in [-0.1, -0.05) is 12.1 Å². The molecular weight excluding hydrogens is 247 g/mol. The van der Waals surface area contributed by atoms with Gasteiger partial charge >= 0.3 is 0 Å². The number of ether oxygens (including phenoxy) is 1. The number of aromatic nitrogens is 2. The third-order valence-electron chi connectivity index (χ3n) is 2.73. The lowest BCUT2D eigenvalue weighted by Gasteiger charge is -2.24. The summed E-state index contributed by atoms with van der Waals surface area (Å²) in [6.45, 7) is 2.41. The van der Waals surface area contributed by atoms with Gasteiger partial charge in [0, 0.05) is 6.54 Å². The number of hydrogen-bond donors (Lipinski definition) is 1.